The van der Waals surface area contributed by atoms with Crippen LogP contribution in [-0.2, 0) is 22.0 Å². The van der Waals surface area contributed by atoms with Gasteiger partial charge in [-0.2, -0.15) is 0 Å². The molecule has 1 heterocycles. The van der Waals surface area contributed by atoms with Gasteiger partial charge in [0, 0.05) is 17.6 Å². The highest BCUT2D eigenvalue weighted by Gasteiger charge is 2.35. The quantitative estimate of drug-likeness (QED) is 0.751. The van der Waals surface area contributed by atoms with Gasteiger partial charge in [0.1, 0.15) is 0 Å². The van der Waals surface area contributed by atoms with Gasteiger partial charge in [0.15, 0.2) is 9.84 Å². The van der Waals surface area contributed by atoms with E-state index in [0.29, 0.717) is 17.0 Å². The predicted octanol–water partition coefficient (Wildman–Crippen LogP) is 3.76. The van der Waals surface area contributed by atoms with Gasteiger partial charge in [-0.3, -0.25) is 0 Å². The SMILES string of the molecule is Cc1cnc(Cl)nc1Cc1ccc(Cl)c(CS(=O)(=O)C2CC2)c1. The van der Waals surface area contributed by atoms with Crippen molar-refractivity contribution in [2.75, 3.05) is 0 Å². The first kappa shape index (κ1) is 16.7. The Morgan fingerprint density at radius 3 is 2.70 bits per heavy atom. The average molecular weight is 371 g/mol. The van der Waals surface area contributed by atoms with Gasteiger partial charge < -0.3 is 0 Å². The summed E-state index contributed by atoms with van der Waals surface area (Å²) in [4.78, 5) is 8.18. The van der Waals surface area contributed by atoms with E-state index in [2.05, 4.69) is 9.97 Å². The topological polar surface area (TPSA) is 59.9 Å². The van der Waals surface area contributed by atoms with E-state index < -0.39 is 9.84 Å². The number of nitrogens with zero attached hydrogens (tertiary/aromatic N) is 2. The van der Waals surface area contributed by atoms with Crippen LogP contribution in [0.2, 0.25) is 10.3 Å². The lowest BCUT2D eigenvalue weighted by molar-refractivity contribution is 0.594. The van der Waals surface area contributed by atoms with Crippen LogP contribution in [0.3, 0.4) is 0 Å². The van der Waals surface area contributed by atoms with E-state index in [1.165, 1.54) is 0 Å². The maximum Gasteiger partial charge on any atom is 0.222 e. The zero-order valence-electron chi connectivity index (χ0n) is 12.6. The zero-order chi connectivity index (χ0) is 16.6. The second-order valence-corrected chi connectivity index (χ2v) is 8.90. The van der Waals surface area contributed by atoms with Crippen LogP contribution in [0.1, 0.15) is 35.2 Å². The normalized spacial score (nSPS) is 14.9. The van der Waals surface area contributed by atoms with E-state index in [1.54, 1.807) is 12.3 Å². The first-order valence-corrected chi connectivity index (χ1v) is 9.79. The lowest BCUT2D eigenvalue weighted by Crippen LogP contribution is -2.10. The molecule has 0 bridgehead atoms. The van der Waals surface area contributed by atoms with Crippen LogP contribution in [0.4, 0.5) is 0 Å². The zero-order valence-corrected chi connectivity index (χ0v) is 14.9. The fourth-order valence-electron chi connectivity index (χ4n) is 2.44. The molecule has 1 aromatic heterocycles. The predicted molar refractivity (Wildman–Crippen MR) is 91.7 cm³/mol. The summed E-state index contributed by atoms with van der Waals surface area (Å²) in [5, 5.41) is 0.497. The minimum atomic E-state index is -3.10. The van der Waals surface area contributed by atoms with Crippen LogP contribution in [0.5, 0.6) is 0 Å². The van der Waals surface area contributed by atoms with Crippen LogP contribution in [0.15, 0.2) is 24.4 Å². The molecule has 0 radical (unpaired) electrons. The van der Waals surface area contributed by atoms with Gasteiger partial charge in [-0.25, -0.2) is 18.4 Å². The van der Waals surface area contributed by atoms with E-state index >= 15 is 0 Å². The number of aryl methyl sites for hydroxylation is 1. The minimum absolute atomic E-state index is 0.00610. The largest absolute Gasteiger partial charge is 0.228 e. The number of benzene rings is 1. The minimum Gasteiger partial charge on any atom is -0.228 e. The average Bonchev–Trinajstić information content (AvgIpc) is 3.31. The van der Waals surface area contributed by atoms with E-state index in [1.807, 2.05) is 19.1 Å². The smallest absolute Gasteiger partial charge is 0.222 e. The highest BCUT2D eigenvalue weighted by Crippen LogP contribution is 2.32. The van der Waals surface area contributed by atoms with Crippen molar-refractivity contribution in [1.29, 1.82) is 0 Å². The molecule has 0 atom stereocenters. The molecule has 0 N–H and O–H groups in total. The van der Waals surface area contributed by atoms with Crippen molar-refractivity contribution in [2.45, 2.75) is 37.2 Å². The third-order valence-corrected chi connectivity index (χ3v) is 6.67. The molecule has 0 unspecified atom stereocenters. The number of hydrogen-bond acceptors (Lipinski definition) is 4. The molecule has 1 saturated carbocycles. The second kappa shape index (κ2) is 6.38. The van der Waals surface area contributed by atoms with Crippen LogP contribution in [0, 0.1) is 6.92 Å². The van der Waals surface area contributed by atoms with Gasteiger partial charge in [-0.1, -0.05) is 23.7 Å². The van der Waals surface area contributed by atoms with Crippen molar-refractivity contribution in [1.82, 2.24) is 9.97 Å². The molecule has 1 aliphatic rings. The van der Waals surface area contributed by atoms with Gasteiger partial charge in [0.2, 0.25) is 5.28 Å². The molecular weight excluding hydrogens is 355 g/mol. The molecule has 0 saturated heterocycles. The van der Waals surface area contributed by atoms with Crippen molar-refractivity contribution >= 4 is 33.0 Å². The highest BCUT2D eigenvalue weighted by atomic mass is 35.5. The van der Waals surface area contributed by atoms with Gasteiger partial charge in [0.25, 0.3) is 0 Å². The number of rotatable bonds is 5. The number of halogens is 2. The summed E-state index contributed by atoms with van der Waals surface area (Å²) in [6, 6.07) is 5.47. The lowest BCUT2D eigenvalue weighted by Gasteiger charge is -2.09. The van der Waals surface area contributed by atoms with Crippen LogP contribution >= 0.6 is 23.2 Å². The molecule has 0 spiro atoms. The molecule has 0 amide bonds. The fourth-order valence-corrected chi connectivity index (χ4v) is 4.61. The van der Waals surface area contributed by atoms with E-state index in [-0.39, 0.29) is 16.3 Å². The maximum absolute atomic E-state index is 12.2. The molecule has 3 rings (SSSR count). The van der Waals surface area contributed by atoms with Gasteiger partial charge >= 0.3 is 0 Å². The highest BCUT2D eigenvalue weighted by molar-refractivity contribution is 7.91. The molecule has 1 aliphatic carbocycles. The number of aromatic nitrogens is 2. The molecule has 7 heteroatoms. The van der Waals surface area contributed by atoms with Crippen molar-refractivity contribution in [3.8, 4) is 0 Å². The summed E-state index contributed by atoms with van der Waals surface area (Å²) < 4.78 is 24.4. The third-order valence-electron chi connectivity index (χ3n) is 3.92. The van der Waals surface area contributed by atoms with E-state index in [0.717, 1.165) is 29.7 Å². The van der Waals surface area contributed by atoms with E-state index in [4.69, 9.17) is 23.2 Å². The number of sulfone groups is 1. The molecule has 4 nitrogen and oxygen atoms in total. The summed E-state index contributed by atoms with van der Waals surface area (Å²) >= 11 is 12.0. The van der Waals surface area contributed by atoms with Crippen LogP contribution in [-0.4, -0.2) is 23.6 Å². The van der Waals surface area contributed by atoms with Gasteiger partial charge in [-0.15, -0.1) is 0 Å². The summed E-state index contributed by atoms with van der Waals surface area (Å²) in [5.74, 6) is -0.00610. The van der Waals surface area contributed by atoms with Crippen molar-refractivity contribution in [3.63, 3.8) is 0 Å². The second-order valence-electron chi connectivity index (χ2n) is 5.88. The Kier molecular flexibility index (Phi) is 4.63. The molecule has 2 aromatic rings. The van der Waals surface area contributed by atoms with Gasteiger partial charge in [-0.05, 0) is 54.1 Å². The monoisotopic (exact) mass is 370 g/mol. The molecule has 1 aromatic carbocycles. The standard InChI is InChI=1S/C16H16Cl2N2O2S/c1-10-8-19-16(18)20-15(10)7-11-2-5-14(17)12(6-11)9-23(21,22)13-3-4-13/h2,5-6,8,13H,3-4,7,9H2,1H3. The van der Waals surface area contributed by atoms with Crippen molar-refractivity contribution in [3.05, 3.63) is 57.1 Å². The molecule has 122 valence electrons. The summed E-state index contributed by atoms with van der Waals surface area (Å²) in [7, 11) is -3.10. The van der Waals surface area contributed by atoms with Gasteiger partial charge in [0.05, 0.1) is 16.7 Å². The maximum atomic E-state index is 12.2. The fraction of sp³-hybridized carbons (Fsp3) is 0.375. The first-order chi connectivity index (χ1) is 10.8. The summed E-state index contributed by atoms with van der Waals surface area (Å²) in [5.41, 5.74) is 3.36. The Morgan fingerprint density at radius 1 is 1.26 bits per heavy atom. The Hall–Kier alpha value is -1.17. The molecule has 1 fully saturated rings. The molecular formula is C16H16Cl2N2O2S. The Labute approximate surface area is 145 Å². The van der Waals surface area contributed by atoms with Crippen LogP contribution < -0.4 is 0 Å². The number of hydrogen-bond donors (Lipinski definition) is 0. The lowest BCUT2D eigenvalue weighted by atomic mass is 10.0. The summed E-state index contributed by atoms with van der Waals surface area (Å²) in [6.07, 6.45) is 3.76. The Balaban J connectivity index is 1.86. The van der Waals surface area contributed by atoms with Crippen molar-refractivity contribution < 1.29 is 8.42 Å². The molecule has 0 aliphatic heterocycles. The Morgan fingerprint density at radius 2 is 2.00 bits per heavy atom. The Bertz CT molecular complexity index is 849. The third kappa shape index (κ3) is 4.03. The molecule has 23 heavy (non-hydrogen) atoms. The summed E-state index contributed by atoms with van der Waals surface area (Å²) in [6.45, 7) is 1.92. The van der Waals surface area contributed by atoms with Crippen molar-refractivity contribution in [2.24, 2.45) is 0 Å². The first-order valence-electron chi connectivity index (χ1n) is 7.32. The van der Waals surface area contributed by atoms with E-state index in [9.17, 15) is 8.42 Å². The van der Waals surface area contributed by atoms with Crippen LogP contribution in [0.25, 0.3) is 0 Å².